The Hall–Kier alpha value is -2.28. The molecule has 0 N–H and O–H groups in total. The lowest BCUT2D eigenvalue weighted by Gasteiger charge is -2.41. The topological polar surface area (TPSA) is 3.24 Å². The lowest BCUT2D eigenvalue weighted by atomic mass is 9.93. The summed E-state index contributed by atoms with van der Waals surface area (Å²) in [7, 11) is 0. The first kappa shape index (κ1) is 19.5. The molecule has 0 bridgehead atoms. The van der Waals surface area contributed by atoms with Gasteiger partial charge in [0.25, 0.3) is 0 Å². The molecule has 0 amide bonds. The second-order valence-corrected chi connectivity index (χ2v) is 7.69. The van der Waals surface area contributed by atoms with Crippen LogP contribution in [0.1, 0.15) is 69.2 Å². The van der Waals surface area contributed by atoms with E-state index in [1.165, 1.54) is 53.6 Å². The number of hydrogen-bond acceptors (Lipinski definition) is 1. The first-order chi connectivity index (χ1) is 13.1. The van der Waals surface area contributed by atoms with E-state index in [2.05, 4.69) is 92.9 Å². The quantitative estimate of drug-likeness (QED) is 0.506. The fraction of sp³-hybridized carbons (Fsp3) is 0.385. The zero-order chi connectivity index (χ0) is 19.2. The number of allylic oxidation sites excluding steroid dienone is 2. The number of nitrogens with zero attached hydrogens (tertiary/aromatic N) is 1. The standard InChI is InChI=1S/C26H33N/c1-5-23-16-18-25(19-17-23)22(4)27(26-14-10-7-11-15-26)21(3)20(2)24-12-8-6-9-13-24/h6,8-9,12-14,16-19,21-22H,2,5,7,10-11,15H2,1,3-4H3. The zero-order valence-electron chi connectivity index (χ0n) is 17.1. The van der Waals surface area contributed by atoms with Crippen LogP contribution >= 0.6 is 0 Å². The maximum atomic E-state index is 4.48. The molecule has 0 heterocycles. The SMILES string of the molecule is C=C(c1ccccc1)C(C)N(C1=CCCCC1)C(C)c1ccc(CC)cc1. The fourth-order valence-corrected chi connectivity index (χ4v) is 4.14. The van der Waals surface area contributed by atoms with Crippen LogP contribution in [0.2, 0.25) is 0 Å². The van der Waals surface area contributed by atoms with Crippen LogP contribution in [-0.4, -0.2) is 10.9 Å². The molecule has 1 nitrogen and oxygen atoms in total. The predicted octanol–water partition coefficient (Wildman–Crippen LogP) is 7.17. The lowest BCUT2D eigenvalue weighted by molar-refractivity contribution is 0.231. The van der Waals surface area contributed by atoms with Crippen molar-refractivity contribution in [2.45, 2.75) is 65.0 Å². The Labute approximate surface area is 165 Å². The van der Waals surface area contributed by atoms with Crippen molar-refractivity contribution in [2.24, 2.45) is 0 Å². The van der Waals surface area contributed by atoms with E-state index in [4.69, 9.17) is 0 Å². The molecule has 1 aliphatic carbocycles. The van der Waals surface area contributed by atoms with Crippen molar-refractivity contribution in [1.82, 2.24) is 4.90 Å². The normalized spacial score (nSPS) is 16.3. The van der Waals surface area contributed by atoms with Gasteiger partial charge in [-0.25, -0.2) is 0 Å². The van der Waals surface area contributed by atoms with Crippen LogP contribution < -0.4 is 0 Å². The van der Waals surface area contributed by atoms with Crippen LogP contribution in [0.5, 0.6) is 0 Å². The number of rotatable bonds is 7. The van der Waals surface area contributed by atoms with Crippen molar-refractivity contribution in [3.63, 3.8) is 0 Å². The predicted molar refractivity (Wildman–Crippen MR) is 118 cm³/mol. The molecule has 2 aromatic rings. The highest BCUT2D eigenvalue weighted by Crippen LogP contribution is 2.35. The highest BCUT2D eigenvalue weighted by molar-refractivity contribution is 5.67. The number of hydrogen-bond donors (Lipinski definition) is 0. The Morgan fingerprint density at radius 2 is 1.70 bits per heavy atom. The largest absolute Gasteiger partial charge is 0.362 e. The van der Waals surface area contributed by atoms with E-state index in [0.717, 1.165) is 6.42 Å². The van der Waals surface area contributed by atoms with E-state index in [0.29, 0.717) is 6.04 Å². The van der Waals surface area contributed by atoms with Gasteiger partial charge in [-0.3, -0.25) is 0 Å². The van der Waals surface area contributed by atoms with Crippen LogP contribution in [0.25, 0.3) is 5.57 Å². The van der Waals surface area contributed by atoms with E-state index >= 15 is 0 Å². The van der Waals surface area contributed by atoms with Gasteiger partial charge in [0.2, 0.25) is 0 Å². The molecule has 1 heteroatoms. The molecule has 2 aromatic carbocycles. The van der Waals surface area contributed by atoms with Crippen LogP contribution in [-0.2, 0) is 6.42 Å². The van der Waals surface area contributed by atoms with Crippen molar-refractivity contribution in [3.05, 3.63) is 89.6 Å². The zero-order valence-corrected chi connectivity index (χ0v) is 17.1. The Morgan fingerprint density at radius 1 is 1.00 bits per heavy atom. The Balaban J connectivity index is 1.92. The third kappa shape index (κ3) is 4.53. The molecular formula is C26H33N. The van der Waals surface area contributed by atoms with Gasteiger partial charge in [-0.15, -0.1) is 0 Å². The summed E-state index contributed by atoms with van der Waals surface area (Å²) in [6.07, 6.45) is 8.50. The van der Waals surface area contributed by atoms with Gasteiger partial charge in [0, 0.05) is 5.70 Å². The monoisotopic (exact) mass is 359 g/mol. The molecule has 0 aromatic heterocycles. The maximum absolute atomic E-state index is 4.48. The van der Waals surface area contributed by atoms with Crippen LogP contribution in [0.3, 0.4) is 0 Å². The number of aryl methyl sites for hydroxylation is 1. The van der Waals surface area contributed by atoms with Gasteiger partial charge in [0.1, 0.15) is 0 Å². The first-order valence-electron chi connectivity index (χ1n) is 10.4. The summed E-state index contributed by atoms with van der Waals surface area (Å²) >= 11 is 0. The lowest BCUT2D eigenvalue weighted by Crippen LogP contribution is -2.36. The molecule has 0 saturated heterocycles. The van der Waals surface area contributed by atoms with Gasteiger partial charge < -0.3 is 4.90 Å². The molecule has 0 aliphatic heterocycles. The van der Waals surface area contributed by atoms with Gasteiger partial charge in [-0.1, -0.05) is 74.2 Å². The Bertz CT molecular complexity index is 770. The molecule has 0 fully saturated rings. The van der Waals surface area contributed by atoms with Gasteiger partial charge in [-0.2, -0.15) is 0 Å². The minimum Gasteiger partial charge on any atom is -0.362 e. The molecule has 2 atom stereocenters. The number of benzene rings is 2. The second kappa shape index (κ2) is 9.08. The van der Waals surface area contributed by atoms with Crippen LogP contribution in [0, 0.1) is 0 Å². The third-order valence-corrected chi connectivity index (χ3v) is 5.95. The van der Waals surface area contributed by atoms with Crippen molar-refractivity contribution in [3.8, 4) is 0 Å². The summed E-state index contributed by atoms with van der Waals surface area (Å²) in [4.78, 5) is 2.61. The average molecular weight is 360 g/mol. The molecular weight excluding hydrogens is 326 g/mol. The summed E-state index contributed by atoms with van der Waals surface area (Å²) in [5, 5.41) is 0. The van der Waals surface area contributed by atoms with Crippen LogP contribution in [0.4, 0.5) is 0 Å². The third-order valence-electron chi connectivity index (χ3n) is 5.95. The first-order valence-corrected chi connectivity index (χ1v) is 10.4. The molecule has 2 unspecified atom stereocenters. The van der Waals surface area contributed by atoms with Gasteiger partial charge in [0.05, 0.1) is 12.1 Å². The molecule has 1 aliphatic rings. The highest BCUT2D eigenvalue weighted by atomic mass is 15.2. The Morgan fingerprint density at radius 3 is 2.30 bits per heavy atom. The van der Waals surface area contributed by atoms with E-state index in [1.807, 2.05) is 0 Å². The summed E-state index contributed by atoms with van der Waals surface area (Å²) in [5.74, 6) is 0. The molecule has 0 saturated carbocycles. The molecule has 142 valence electrons. The van der Waals surface area contributed by atoms with Crippen molar-refractivity contribution >= 4 is 5.57 Å². The average Bonchev–Trinajstić information content (AvgIpc) is 2.74. The van der Waals surface area contributed by atoms with Gasteiger partial charge >= 0.3 is 0 Å². The molecule has 3 rings (SSSR count). The van der Waals surface area contributed by atoms with E-state index in [9.17, 15) is 0 Å². The molecule has 27 heavy (non-hydrogen) atoms. The fourth-order valence-electron chi connectivity index (χ4n) is 4.14. The minimum absolute atomic E-state index is 0.262. The van der Waals surface area contributed by atoms with Crippen molar-refractivity contribution in [2.75, 3.05) is 0 Å². The molecule has 0 spiro atoms. The minimum atomic E-state index is 0.262. The maximum Gasteiger partial charge on any atom is 0.0517 e. The smallest absolute Gasteiger partial charge is 0.0517 e. The summed E-state index contributed by atoms with van der Waals surface area (Å²) in [6, 6.07) is 20.4. The van der Waals surface area contributed by atoms with Gasteiger partial charge in [-0.05, 0) is 68.2 Å². The van der Waals surface area contributed by atoms with E-state index < -0.39 is 0 Å². The highest BCUT2D eigenvalue weighted by Gasteiger charge is 2.26. The Kier molecular flexibility index (Phi) is 6.55. The van der Waals surface area contributed by atoms with Gasteiger partial charge in [0.15, 0.2) is 0 Å². The summed E-state index contributed by atoms with van der Waals surface area (Å²) in [6.45, 7) is 11.3. The molecule has 0 radical (unpaired) electrons. The van der Waals surface area contributed by atoms with Crippen LogP contribution in [0.15, 0.2) is 72.9 Å². The summed E-state index contributed by atoms with van der Waals surface area (Å²) < 4.78 is 0. The van der Waals surface area contributed by atoms with E-state index in [-0.39, 0.29) is 6.04 Å². The summed E-state index contributed by atoms with van der Waals surface area (Å²) in [5.41, 5.74) is 6.69. The van der Waals surface area contributed by atoms with Crippen molar-refractivity contribution in [1.29, 1.82) is 0 Å². The second-order valence-electron chi connectivity index (χ2n) is 7.69. The van der Waals surface area contributed by atoms with Crippen molar-refractivity contribution < 1.29 is 0 Å². The van der Waals surface area contributed by atoms with E-state index in [1.54, 1.807) is 0 Å².